The van der Waals surface area contributed by atoms with E-state index in [1.165, 1.54) is 16.6 Å². The van der Waals surface area contributed by atoms with Crippen molar-refractivity contribution in [1.29, 1.82) is 0 Å². The van der Waals surface area contributed by atoms with Gasteiger partial charge in [0.1, 0.15) is 0 Å². The molecule has 192 valence electrons. The third-order valence-corrected chi connectivity index (χ3v) is 7.49. The first kappa shape index (κ1) is 24.7. The van der Waals surface area contributed by atoms with E-state index in [9.17, 15) is 4.79 Å². The van der Waals surface area contributed by atoms with Crippen molar-refractivity contribution >= 4 is 16.8 Å². The van der Waals surface area contributed by atoms with E-state index in [1.54, 1.807) is 0 Å². The molecule has 2 aliphatic heterocycles. The number of carbonyl (C=O) groups is 1. The molecule has 3 heterocycles. The fourth-order valence-electron chi connectivity index (χ4n) is 5.42. The van der Waals surface area contributed by atoms with Crippen LogP contribution in [0.4, 0.5) is 0 Å². The van der Waals surface area contributed by atoms with Crippen LogP contribution in [0.2, 0.25) is 0 Å². The van der Waals surface area contributed by atoms with Crippen molar-refractivity contribution in [2.75, 3.05) is 60.2 Å². The van der Waals surface area contributed by atoms with E-state index >= 15 is 0 Å². The van der Waals surface area contributed by atoms with Gasteiger partial charge in [-0.25, -0.2) is 0 Å². The average molecular weight is 491 g/mol. The zero-order valence-electron chi connectivity index (χ0n) is 22.0. The number of carbonyl (C=O) groups excluding carboxylic acids is 1. The lowest BCUT2D eigenvalue weighted by Crippen LogP contribution is -2.49. The smallest absolute Gasteiger partial charge is 0.256 e. The maximum Gasteiger partial charge on any atom is 0.256 e. The van der Waals surface area contributed by atoms with E-state index < -0.39 is 0 Å². The monoisotopic (exact) mass is 490 g/mol. The molecule has 1 fully saturated rings. The van der Waals surface area contributed by atoms with E-state index in [1.807, 2.05) is 11.0 Å². The standard InChI is InChI=1S/C29H38N4O3/c1-21-6-8-25-24(18-21)28(22(2)33(25)12-5-11-30(3)4)29(34)32-16-14-31(15-17-32)13-10-23-7-9-26-27(19-23)36-20-35-26/h6-9,18-19H,5,10-17,20H2,1-4H3. The van der Waals surface area contributed by atoms with Crippen LogP contribution in [-0.4, -0.2) is 85.3 Å². The normalized spacial score (nSPS) is 15.9. The lowest BCUT2D eigenvalue weighted by Gasteiger charge is -2.35. The number of rotatable bonds is 8. The summed E-state index contributed by atoms with van der Waals surface area (Å²) in [4.78, 5) is 20.5. The van der Waals surface area contributed by atoms with Gasteiger partial charge in [-0.3, -0.25) is 9.69 Å². The number of fused-ring (bicyclic) bond motifs is 2. The summed E-state index contributed by atoms with van der Waals surface area (Å²) in [7, 11) is 4.21. The molecule has 0 saturated carbocycles. The van der Waals surface area contributed by atoms with E-state index in [4.69, 9.17) is 9.47 Å². The number of nitrogens with zero attached hydrogens (tertiary/aromatic N) is 4. The molecule has 0 spiro atoms. The number of aromatic nitrogens is 1. The Balaban J connectivity index is 1.24. The van der Waals surface area contributed by atoms with Crippen molar-refractivity contribution < 1.29 is 14.3 Å². The van der Waals surface area contributed by atoms with Crippen LogP contribution < -0.4 is 9.47 Å². The number of aryl methyl sites for hydroxylation is 2. The molecular weight excluding hydrogens is 452 g/mol. The second kappa shape index (κ2) is 10.5. The van der Waals surface area contributed by atoms with Gasteiger partial charge in [0.2, 0.25) is 6.79 Å². The van der Waals surface area contributed by atoms with E-state index in [0.29, 0.717) is 6.79 Å². The summed E-state index contributed by atoms with van der Waals surface area (Å²) in [5.41, 5.74) is 5.58. The van der Waals surface area contributed by atoms with E-state index in [0.717, 1.165) is 86.8 Å². The summed E-state index contributed by atoms with van der Waals surface area (Å²) in [6, 6.07) is 12.7. The van der Waals surface area contributed by atoms with Gasteiger partial charge in [0.15, 0.2) is 11.5 Å². The number of benzene rings is 2. The third kappa shape index (κ3) is 5.08. The topological polar surface area (TPSA) is 50.2 Å². The molecule has 5 rings (SSSR count). The Morgan fingerprint density at radius 1 is 0.944 bits per heavy atom. The van der Waals surface area contributed by atoms with Crippen LogP contribution in [0, 0.1) is 13.8 Å². The van der Waals surface area contributed by atoms with Gasteiger partial charge >= 0.3 is 0 Å². The highest BCUT2D eigenvalue weighted by molar-refractivity contribution is 6.08. The molecule has 1 saturated heterocycles. The van der Waals surface area contributed by atoms with Gasteiger partial charge < -0.3 is 23.8 Å². The molecule has 0 N–H and O–H groups in total. The van der Waals surface area contributed by atoms with Crippen LogP contribution in [0.1, 0.15) is 33.6 Å². The summed E-state index contributed by atoms with van der Waals surface area (Å²) in [6.07, 6.45) is 2.02. The minimum atomic E-state index is 0.171. The second-order valence-electron chi connectivity index (χ2n) is 10.4. The minimum Gasteiger partial charge on any atom is -0.454 e. The number of ether oxygens (including phenoxy) is 2. The quantitative estimate of drug-likeness (QED) is 0.479. The average Bonchev–Trinajstić information content (AvgIpc) is 3.44. The van der Waals surface area contributed by atoms with Crippen LogP contribution in [0.15, 0.2) is 36.4 Å². The van der Waals surface area contributed by atoms with Crippen LogP contribution in [0.3, 0.4) is 0 Å². The molecule has 0 aliphatic carbocycles. The largest absolute Gasteiger partial charge is 0.454 e. The fourth-order valence-corrected chi connectivity index (χ4v) is 5.42. The zero-order valence-corrected chi connectivity index (χ0v) is 22.0. The first-order valence-corrected chi connectivity index (χ1v) is 13.0. The number of hydrogen-bond acceptors (Lipinski definition) is 5. The summed E-state index contributed by atoms with van der Waals surface area (Å²) in [6.45, 7) is 10.8. The Kier molecular flexibility index (Phi) is 7.21. The van der Waals surface area contributed by atoms with Crippen LogP contribution >= 0.6 is 0 Å². The molecule has 2 aromatic carbocycles. The minimum absolute atomic E-state index is 0.171. The molecule has 1 aromatic heterocycles. The zero-order chi connectivity index (χ0) is 25.2. The van der Waals surface area contributed by atoms with Gasteiger partial charge in [-0.1, -0.05) is 17.7 Å². The molecule has 0 bridgehead atoms. The Hall–Kier alpha value is -3.03. The molecule has 2 aliphatic rings. The Bertz CT molecular complexity index is 1240. The highest BCUT2D eigenvalue weighted by Crippen LogP contribution is 2.33. The van der Waals surface area contributed by atoms with Crippen molar-refractivity contribution in [3.63, 3.8) is 0 Å². The molecule has 0 unspecified atom stereocenters. The fraction of sp³-hybridized carbons (Fsp3) is 0.483. The van der Waals surface area contributed by atoms with Crippen LogP contribution in [0.5, 0.6) is 11.5 Å². The first-order chi connectivity index (χ1) is 17.4. The van der Waals surface area contributed by atoms with Crippen molar-refractivity contribution in [2.24, 2.45) is 0 Å². The Labute approximate surface area is 214 Å². The lowest BCUT2D eigenvalue weighted by atomic mass is 10.1. The SMILES string of the molecule is Cc1ccc2c(c1)c(C(=O)N1CCN(CCc3ccc4c(c3)OCO4)CC1)c(C)n2CCCN(C)C. The number of piperazine rings is 1. The van der Waals surface area contributed by atoms with Crippen molar-refractivity contribution in [1.82, 2.24) is 19.3 Å². The van der Waals surface area contributed by atoms with Gasteiger partial charge in [-0.15, -0.1) is 0 Å². The molecule has 7 heteroatoms. The Morgan fingerprint density at radius 2 is 1.72 bits per heavy atom. The summed E-state index contributed by atoms with van der Waals surface area (Å²) in [5.74, 6) is 1.84. The van der Waals surface area contributed by atoms with Crippen LogP contribution in [0.25, 0.3) is 10.9 Å². The predicted molar refractivity (Wildman–Crippen MR) is 143 cm³/mol. The molecule has 1 amide bonds. The summed E-state index contributed by atoms with van der Waals surface area (Å²) < 4.78 is 13.3. The molecule has 3 aromatic rings. The van der Waals surface area contributed by atoms with Gasteiger partial charge in [-0.2, -0.15) is 0 Å². The highest BCUT2D eigenvalue weighted by Gasteiger charge is 2.27. The number of amides is 1. The van der Waals surface area contributed by atoms with Crippen LogP contribution in [-0.2, 0) is 13.0 Å². The summed E-state index contributed by atoms with van der Waals surface area (Å²) in [5, 5.41) is 1.09. The van der Waals surface area contributed by atoms with Gasteiger partial charge in [0, 0.05) is 55.9 Å². The van der Waals surface area contributed by atoms with Gasteiger partial charge in [-0.05, 0) is 77.2 Å². The molecule has 0 radical (unpaired) electrons. The lowest BCUT2D eigenvalue weighted by molar-refractivity contribution is 0.0639. The van der Waals surface area contributed by atoms with E-state index in [2.05, 4.69) is 72.6 Å². The van der Waals surface area contributed by atoms with Crippen molar-refractivity contribution in [3.8, 4) is 11.5 Å². The Morgan fingerprint density at radius 3 is 2.50 bits per heavy atom. The highest BCUT2D eigenvalue weighted by atomic mass is 16.7. The second-order valence-corrected chi connectivity index (χ2v) is 10.4. The third-order valence-electron chi connectivity index (χ3n) is 7.49. The van der Waals surface area contributed by atoms with Gasteiger partial charge in [0.05, 0.1) is 5.56 Å². The maximum atomic E-state index is 13.8. The maximum absolute atomic E-state index is 13.8. The van der Waals surface area contributed by atoms with Gasteiger partial charge in [0.25, 0.3) is 5.91 Å². The van der Waals surface area contributed by atoms with Crippen molar-refractivity contribution in [2.45, 2.75) is 33.2 Å². The van der Waals surface area contributed by atoms with E-state index in [-0.39, 0.29) is 5.91 Å². The molecule has 7 nitrogen and oxygen atoms in total. The molecule has 36 heavy (non-hydrogen) atoms. The molecule has 0 atom stereocenters. The molecular formula is C29H38N4O3. The summed E-state index contributed by atoms with van der Waals surface area (Å²) >= 11 is 0. The van der Waals surface area contributed by atoms with Crippen molar-refractivity contribution in [3.05, 3.63) is 58.8 Å². The first-order valence-electron chi connectivity index (χ1n) is 13.0. The predicted octanol–water partition coefficient (Wildman–Crippen LogP) is 3.94. The number of hydrogen-bond donors (Lipinski definition) is 0.